The van der Waals surface area contributed by atoms with Crippen LogP contribution in [0.2, 0.25) is 0 Å². The zero-order chi connectivity index (χ0) is 23.1. The van der Waals surface area contributed by atoms with E-state index in [4.69, 9.17) is 9.47 Å². The van der Waals surface area contributed by atoms with Crippen LogP contribution in [0.4, 0.5) is 11.4 Å². The van der Waals surface area contributed by atoms with Crippen LogP contribution in [0.15, 0.2) is 52.3 Å². The lowest BCUT2D eigenvalue weighted by Crippen LogP contribution is -2.40. The van der Waals surface area contributed by atoms with E-state index in [0.717, 1.165) is 4.90 Å². The fourth-order valence-corrected chi connectivity index (χ4v) is 5.35. The van der Waals surface area contributed by atoms with Crippen molar-refractivity contribution in [2.24, 2.45) is 0 Å². The third-order valence-corrected chi connectivity index (χ3v) is 7.51. The van der Waals surface area contributed by atoms with Crippen LogP contribution >= 0.6 is 11.8 Å². The van der Waals surface area contributed by atoms with Crippen molar-refractivity contribution in [3.05, 3.63) is 42.5 Å². The number of hydrogen-bond acceptors (Lipinski definition) is 7. The number of anilines is 2. The van der Waals surface area contributed by atoms with Crippen molar-refractivity contribution < 1.29 is 27.5 Å². The van der Waals surface area contributed by atoms with Crippen molar-refractivity contribution in [1.29, 1.82) is 0 Å². The van der Waals surface area contributed by atoms with E-state index in [0.29, 0.717) is 24.6 Å². The molecule has 1 saturated heterocycles. The second kappa shape index (κ2) is 10.8. The van der Waals surface area contributed by atoms with Crippen molar-refractivity contribution in [2.75, 3.05) is 49.8 Å². The molecule has 0 aliphatic carbocycles. The summed E-state index contributed by atoms with van der Waals surface area (Å²) in [6.07, 6.45) is 0. The molecule has 172 valence electrons. The maximum atomic E-state index is 13.1. The number of thioether (sulfide) groups is 1. The molecule has 32 heavy (non-hydrogen) atoms. The number of nitrogens with one attached hydrogen (secondary N) is 2. The monoisotopic (exact) mass is 479 g/mol. The van der Waals surface area contributed by atoms with E-state index in [1.807, 2.05) is 12.1 Å². The van der Waals surface area contributed by atoms with Crippen LogP contribution in [0.1, 0.15) is 6.92 Å². The molecule has 0 unspecified atom stereocenters. The molecule has 1 aliphatic rings. The highest BCUT2D eigenvalue weighted by atomic mass is 32.2. The molecular formula is C21H25N3O6S2. The van der Waals surface area contributed by atoms with E-state index in [1.54, 1.807) is 18.2 Å². The third kappa shape index (κ3) is 6.22. The number of rotatable bonds is 8. The second-order valence-electron chi connectivity index (χ2n) is 6.92. The number of carbonyl (C=O) groups excluding carboxylic acids is 2. The summed E-state index contributed by atoms with van der Waals surface area (Å²) >= 11 is 1.33. The number of sulfonamides is 1. The molecule has 0 bridgehead atoms. The lowest BCUT2D eigenvalue weighted by molar-refractivity contribution is -0.114. The third-order valence-electron chi connectivity index (χ3n) is 4.58. The molecule has 0 saturated carbocycles. The first-order valence-electron chi connectivity index (χ1n) is 9.86. The quantitative estimate of drug-likeness (QED) is 0.559. The fraction of sp³-hybridized carbons (Fsp3) is 0.333. The Morgan fingerprint density at radius 1 is 1.06 bits per heavy atom. The number of hydrogen-bond donors (Lipinski definition) is 2. The summed E-state index contributed by atoms with van der Waals surface area (Å²) in [4.78, 5) is 24.4. The number of morpholine rings is 1. The van der Waals surface area contributed by atoms with E-state index < -0.39 is 10.0 Å². The van der Waals surface area contributed by atoms with Gasteiger partial charge in [-0.25, -0.2) is 8.42 Å². The van der Waals surface area contributed by atoms with E-state index in [1.165, 1.54) is 42.2 Å². The number of methoxy groups -OCH3 is 1. The maximum absolute atomic E-state index is 13.1. The number of nitrogens with zero attached hydrogens (tertiary/aromatic N) is 1. The molecule has 1 fully saturated rings. The van der Waals surface area contributed by atoms with E-state index >= 15 is 0 Å². The Kier molecular flexibility index (Phi) is 8.13. The molecular weight excluding hydrogens is 454 g/mol. The Bertz CT molecular complexity index is 1070. The first-order valence-corrected chi connectivity index (χ1v) is 12.3. The molecule has 0 spiro atoms. The molecule has 2 aromatic carbocycles. The Labute approximate surface area is 191 Å². The summed E-state index contributed by atoms with van der Waals surface area (Å²) < 4.78 is 37.9. The normalized spacial score (nSPS) is 14.6. The Balaban J connectivity index is 1.66. The summed E-state index contributed by atoms with van der Waals surface area (Å²) in [5.41, 5.74) is 1.04. The summed E-state index contributed by atoms with van der Waals surface area (Å²) in [6, 6.07) is 11.7. The molecule has 11 heteroatoms. The van der Waals surface area contributed by atoms with Crippen LogP contribution in [-0.2, 0) is 24.3 Å². The van der Waals surface area contributed by atoms with Crippen LogP contribution in [0, 0.1) is 0 Å². The van der Waals surface area contributed by atoms with Gasteiger partial charge in [0, 0.05) is 36.3 Å². The number of ether oxygens (including phenoxy) is 2. The highest BCUT2D eigenvalue weighted by molar-refractivity contribution is 8.00. The van der Waals surface area contributed by atoms with Crippen LogP contribution in [0.3, 0.4) is 0 Å². The average Bonchev–Trinajstić information content (AvgIpc) is 2.79. The molecule has 0 atom stereocenters. The lowest BCUT2D eigenvalue weighted by Gasteiger charge is -2.26. The van der Waals surface area contributed by atoms with Crippen molar-refractivity contribution in [3.8, 4) is 5.75 Å². The van der Waals surface area contributed by atoms with Crippen molar-refractivity contribution in [3.63, 3.8) is 0 Å². The van der Waals surface area contributed by atoms with Gasteiger partial charge in [-0.15, -0.1) is 11.8 Å². The number of amides is 2. The van der Waals surface area contributed by atoms with E-state index in [9.17, 15) is 18.0 Å². The van der Waals surface area contributed by atoms with Crippen LogP contribution in [0.5, 0.6) is 5.75 Å². The van der Waals surface area contributed by atoms with E-state index in [-0.39, 0.29) is 41.3 Å². The molecule has 0 aromatic heterocycles. The van der Waals surface area contributed by atoms with Gasteiger partial charge in [0.2, 0.25) is 21.8 Å². The van der Waals surface area contributed by atoms with Crippen LogP contribution < -0.4 is 15.4 Å². The molecule has 0 radical (unpaired) electrons. The van der Waals surface area contributed by atoms with Crippen LogP contribution in [0.25, 0.3) is 0 Å². The van der Waals surface area contributed by atoms with Gasteiger partial charge in [-0.2, -0.15) is 4.31 Å². The predicted molar refractivity (Wildman–Crippen MR) is 123 cm³/mol. The topological polar surface area (TPSA) is 114 Å². The van der Waals surface area contributed by atoms with Crippen LogP contribution in [-0.4, -0.2) is 63.7 Å². The lowest BCUT2D eigenvalue weighted by atomic mass is 10.3. The van der Waals surface area contributed by atoms with Crippen molar-refractivity contribution >= 4 is 45.0 Å². The first kappa shape index (κ1) is 24.1. The smallest absolute Gasteiger partial charge is 0.246 e. The fourth-order valence-electron chi connectivity index (χ4n) is 3.07. The minimum Gasteiger partial charge on any atom is -0.495 e. The Morgan fingerprint density at radius 3 is 2.34 bits per heavy atom. The Hall–Kier alpha value is -2.60. The molecule has 1 heterocycles. The van der Waals surface area contributed by atoms with Gasteiger partial charge in [0.25, 0.3) is 0 Å². The molecule has 3 rings (SSSR count). The average molecular weight is 480 g/mol. The predicted octanol–water partition coefficient (Wildman–Crippen LogP) is 2.41. The van der Waals surface area contributed by atoms with Gasteiger partial charge in [-0.1, -0.05) is 0 Å². The molecule has 2 aromatic rings. The second-order valence-corrected chi connectivity index (χ2v) is 9.88. The van der Waals surface area contributed by atoms with Gasteiger partial charge in [-0.05, 0) is 42.5 Å². The zero-order valence-corrected chi connectivity index (χ0v) is 19.4. The summed E-state index contributed by atoms with van der Waals surface area (Å²) in [7, 11) is -2.39. The van der Waals surface area contributed by atoms with Gasteiger partial charge in [0.15, 0.2) is 0 Å². The van der Waals surface area contributed by atoms with Gasteiger partial charge in [0.05, 0.1) is 26.1 Å². The summed E-state index contributed by atoms with van der Waals surface area (Å²) in [6.45, 7) is 2.63. The Morgan fingerprint density at radius 2 is 1.72 bits per heavy atom. The van der Waals surface area contributed by atoms with Gasteiger partial charge in [0.1, 0.15) is 10.6 Å². The van der Waals surface area contributed by atoms with E-state index in [2.05, 4.69) is 10.6 Å². The van der Waals surface area contributed by atoms with Crippen molar-refractivity contribution in [2.45, 2.75) is 16.7 Å². The zero-order valence-electron chi connectivity index (χ0n) is 17.8. The summed E-state index contributed by atoms with van der Waals surface area (Å²) in [5.74, 6) is -0.0833. The molecule has 2 N–H and O–H groups in total. The molecule has 2 amide bonds. The maximum Gasteiger partial charge on any atom is 0.246 e. The SMILES string of the molecule is COc1ccc(NC(=O)CSc2ccc(NC(C)=O)cc2)cc1S(=O)(=O)N1CCOCC1. The standard InChI is InChI=1S/C21H25N3O6S2/c1-15(25)22-16-3-6-18(7-4-16)31-14-21(26)23-17-5-8-19(29-2)20(13-17)32(27,28)24-9-11-30-12-10-24/h3-8,13H,9-12,14H2,1-2H3,(H,22,25)(H,23,26). The van der Waals surface area contributed by atoms with Gasteiger partial charge >= 0.3 is 0 Å². The minimum absolute atomic E-state index is 0.000846. The minimum atomic E-state index is -3.79. The summed E-state index contributed by atoms with van der Waals surface area (Å²) in [5, 5.41) is 5.42. The largest absolute Gasteiger partial charge is 0.495 e. The number of carbonyl (C=O) groups is 2. The first-order chi connectivity index (χ1) is 15.3. The molecule has 9 nitrogen and oxygen atoms in total. The number of benzene rings is 2. The van der Waals surface area contributed by atoms with Crippen molar-refractivity contribution in [1.82, 2.24) is 4.31 Å². The molecule has 1 aliphatic heterocycles. The highest BCUT2D eigenvalue weighted by Gasteiger charge is 2.29. The highest BCUT2D eigenvalue weighted by Crippen LogP contribution is 2.30. The van der Waals surface area contributed by atoms with Gasteiger partial charge < -0.3 is 20.1 Å². The van der Waals surface area contributed by atoms with Gasteiger partial charge in [-0.3, -0.25) is 9.59 Å².